The van der Waals surface area contributed by atoms with Gasteiger partial charge in [0.25, 0.3) is 0 Å². The highest BCUT2D eigenvalue weighted by atomic mass is 32.1. The van der Waals surface area contributed by atoms with Crippen LogP contribution < -0.4 is 21.1 Å². The number of para-hydroxylation sites is 3. The maximum atomic E-state index is 12.7. The monoisotopic (exact) mass is 498 g/mol. The number of carbonyl (C=O) groups excluding carboxylic acids is 1. The van der Waals surface area contributed by atoms with E-state index in [1.54, 1.807) is 29.6 Å². The van der Waals surface area contributed by atoms with Crippen molar-refractivity contribution in [1.82, 2.24) is 4.98 Å². The van der Waals surface area contributed by atoms with Gasteiger partial charge in [0.1, 0.15) is 5.75 Å². The fraction of sp³-hybridized carbons (Fsp3) is 0.120. The average Bonchev–Trinajstić information content (AvgIpc) is 3.29. The minimum atomic E-state index is -4.38. The Labute approximate surface area is 203 Å². The topological polar surface area (TPSA) is 89.3 Å². The third-order valence-corrected chi connectivity index (χ3v) is 5.74. The highest BCUT2D eigenvalue weighted by Crippen LogP contribution is 2.31. The third kappa shape index (κ3) is 6.58. The average molecular weight is 499 g/mol. The predicted molar refractivity (Wildman–Crippen MR) is 130 cm³/mol. The molecule has 1 aromatic heterocycles. The Morgan fingerprint density at radius 2 is 1.66 bits per heavy atom. The fourth-order valence-corrected chi connectivity index (χ4v) is 4.00. The molecule has 0 radical (unpaired) electrons. The number of nitrogens with zero attached hydrogens (tertiary/aromatic N) is 1. The molecule has 2 amide bonds. The van der Waals surface area contributed by atoms with Gasteiger partial charge >= 0.3 is 12.2 Å². The molecular formula is C25H21F3N4O2S. The SMILES string of the molecule is NC(Cc1ccc(C(F)(F)F)cc1)c1csc(NC(=O)Nc2ccccc2Oc2ccccc2)n1. The van der Waals surface area contributed by atoms with Crippen LogP contribution in [0, 0.1) is 0 Å². The second-order valence-corrected chi connectivity index (χ2v) is 8.43. The zero-order valence-electron chi connectivity index (χ0n) is 18.3. The van der Waals surface area contributed by atoms with Crippen LogP contribution in [0.25, 0.3) is 0 Å². The molecule has 0 aliphatic rings. The quantitative estimate of drug-likeness (QED) is 0.260. The van der Waals surface area contributed by atoms with Crippen molar-refractivity contribution in [2.24, 2.45) is 5.73 Å². The molecule has 1 unspecified atom stereocenters. The maximum absolute atomic E-state index is 12.7. The summed E-state index contributed by atoms with van der Waals surface area (Å²) in [7, 11) is 0. The Morgan fingerprint density at radius 3 is 2.37 bits per heavy atom. The first kappa shape index (κ1) is 24.2. The first-order chi connectivity index (χ1) is 16.8. The van der Waals surface area contributed by atoms with Gasteiger partial charge in [0.2, 0.25) is 0 Å². The molecule has 0 saturated carbocycles. The van der Waals surface area contributed by atoms with Crippen LogP contribution in [0.3, 0.4) is 0 Å². The molecule has 4 rings (SSSR count). The Balaban J connectivity index is 1.35. The van der Waals surface area contributed by atoms with E-state index in [1.807, 2.05) is 30.3 Å². The van der Waals surface area contributed by atoms with Crippen molar-refractivity contribution in [1.29, 1.82) is 0 Å². The Kier molecular flexibility index (Phi) is 7.33. The van der Waals surface area contributed by atoms with Crippen LogP contribution in [-0.2, 0) is 12.6 Å². The Morgan fingerprint density at radius 1 is 0.971 bits per heavy atom. The lowest BCUT2D eigenvalue weighted by Crippen LogP contribution is -2.20. The number of benzene rings is 3. The molecule has 0 aliphatic heterocycles. The van der Waals surface area contributed by atoms with Gasteiger partial charge in [0.05, 0.1) is 23.0 Å². The third-order valence-electron chi connectivity index (χ3n) is 4.97. The minimum Gasteiger partial charge on any atom is -0.455 e. The molecule has 0 fully saturated rings. The van der Waals surface area contributed by atoms with E-state index < -0.39 is 23.8 Å². The number of nitrogens with one attached hydrogen (secondary N) is 2. The van der Waals surface area contributed by atoms with Gasteiger partial charge in [-0.25, -0.2) is 9.78 Å². The fourth-order valence-electron chi connectivity index (χ4n) is 3.23. The molecule has 35 heavy (non-hydrogen) atoms. The minimum absolute atomic E-state index is 0.303. The highest BCUT2D eigenvalue weighted by molar-refractivity contribution is 7.14. The molecule has 1 atom stereocenters. The van der Waals surface area contributed by atoms with E-state index in [0.717, 1.165) is 12.1 Å². The number of amides is 2. The molecule has 6 nitrogen and oxygen atoms in total. The molecule has 1 heterocycles. The van der Waals surface area contributed by atoms with Crippen molar-refractivity contribution in [3.63, 3.8) is 0 Å². The van der Waals surface area contributed by atoms with E-state index in [4.69, 9.17) is 10.5 Å². The lowest BCUT2D eigenvalue weighted by molar-refractivity contribution is -0.137. The summed E-state index contributed by atoms with van der Waals surface area (Å²) in [6, 6.07) is 20.0. The molecule has 0 spiro atoms. The number of aromatic nitrogens is 1. The summed E-state index contributed by atoms with van der Waals surface area (Å²) in [5, 5.41) is 7.45. The number of urea groups is 1. The van der Waals surface area contributed by atoms with Crippen molar-refractivity contribution in [3.05, 3.63) is 101 Å². The molecule has 0 bridgehead atoms. The number of carbonyl (C=O) groups is 1. The van der Waals surface area contributed by atoms with Crippen LogP contribution >= 0.6 is 11.3 Å². The number of alkyl halides is 3. The number of rotatable bonds is 7. The number of anilines is 2. The van der Waals surface area contributed by atoms with Gasteiger partial charge in [-0.2, -0.15) is 13.2 Å². The summed E-state index contributed by atoms with van der Waals surface area (Å²) in [4.78, 5) is 16.9. The van der Waals surface area contributed by atoms with Crippen LogP contribution in [-0.4, -0.2) is 11.0 Å². The predicted octanol–water partition coefficient (Wildman–Crippen LogP) is 6.84. The highest BCUT2D eigenvalue weighted by Gasteiger charge is 2.30. The van der Waals surface area contributed by atoms with Gasteiger partial charge in [-0.05, 0) is 48.4 Å². The second kappa shape index (κ2) is 10.6. The van der Waals surface area contributed by atoms with Crippen LogP contribution in [0.15, 0.2) is 84.2 Å². The van der Waals surface area contributed by atoms with Gasteiger partial charge in [0, 0.05) is 5.38 Å². The van der Waals surface area contributed by atoms with Gasteiger partial charge in [-0.3, -0.25) is 5.32 Å². The van der Waals surface area contributed by atoms with E-state index in [1.165, 1.54) is 23.5 Å². The van der Waals surface area contributed by atoms with Gasteiger partial charge in [0.15, 0.2) is 10.9 Å². The number of ether oxygens (including phenoxy) is 1. The number of nitrogens with two attached hydrogens (primary N) is 1. The van der Waals surface area contributed by atoms with E-state index in [-0.39, 0.29) is 0 Å². The van der Waals surface area contributed by atoms with Crippen molar-refractivity contribution < 1.29 is 22.7 Å². The normalized spacial score (nSPS) is 12.1. The molecule has 3 aromatic carbocycles. The van der Waals surface area contributed by atoms with Crippen molar-refractivity contribution >= 4 is 28.2 Å². The van der Waals surface area contributed by atoms with Crippen LogP contribution in [0.2, 0.25) is 0 Å². The second-order valence-electron chi connectivity index (χ2n) is 7.57. The molecule has 4 N–H and O–H groups in total. The summed E-state index contributed by atoms with van der Waals surface area (Å²) in [6.07, 6.45) is -4.08. The van der Waals surface area contributed by atoms with Gasteiger partial charge in [-0.15, -0.1) is 11.3 Å². The summed E-state index contributed by atoms with van der Waals surface area (Å²) in [5.41, 5.74) is 7.13. The van der Waals surface area contributed by atoms with Gasteiger partial charge in [-0.1, -0.05) is 42.5 Å². The first-order valence-corrected chi connectivity index (χ1v) is 11.4. The van der Waals surface area contributed by atoms with E-state index >= 15 is 0 Å². The van der Waals surface area contributed by atoms with Crippen molar-refractivity contribution in [3.8, 4) is 11.5 Å². The number of halogens is 3. The molecule has 4 aromatic rings. The summed E-state index contributed by atoms with van der Waals surface area (Å²) in [5.74, 6) is 1.11. The number of hydrogen-bond donors (Lipinski definition) is 3. The maximum Gasteiger partial charge on any atom is 0.416 e. The summed E-state index contributed by atoms with van der Waals surface area (Å²) >= 11 is 1.20. The van der Waals surface area contributed by atoms with Crippen LogP contribution in [0.1, 0.15) is 22.9 Å². The van der Waals surface area contributed by atoms with E-state index in [9.17, 15) is 18.0 Å². The lowest BCUT2D eigenvalue weighted by atomic mass is 10.0. The largest absolute Gasteiger partial charge is 0.455 e. The molecule has 10 heteroatoms. The zero-order valence-corrected chi connectivity index (χ0v) is 19.1. The molecule has 0 saturated heterocycles. The van der Waals surface area contributed by atoms with Crippen LogP contribution in [0.4, 0.5) is 28.8 Å². The number of hydrogen-bond acceptors (Lipinski definition) is 5. The van der Waals surface area contributed by atoms with Crippen molar-refractivity contribution in [2.75, 3.05) is 10.6 Å². The first-order valence-electron chi connectivity index (χ1n) is 10.5. The standard InChI is InChI=1S/C25H21F3N4O2S/c26-25(27,28)17-12-10-16(11-13-17)14-19(29)21-15-35-24(31-21)32-23(33)30-20-8-4-5-9-22(20)34-18-6-2-1-3-7-18/h1-13,15,19H,14,29H2,(H2,30,31,32,33). The summed E-state index contributed by atoms with van der Waals surface area (Å²) < 4.78 is 44.0. The molecular weight excluding hydrogens is 477 g/mol. The van der Waals surface area contributed by atoms with E-state index in [2.05, 4.69) is 15.6 Å². The Bertz CT molecular complexity index is 1280. The smallest absolute Gasteiger partial charge is 0.416 e. The van der Waals surface area contributed by atoms with Crippen LogP contribution in [0.5, 0.6) is 11.5 Å². The van der Waals surface area contributed by atoms with E-state index in [0.29, 0.717) is 40.0 Å². The number of thiazole rings is 1. The van der Waals surface area contributed by atoms with Gasteiger partial charge < -0.3 is 15.8 Å². The molecule has 180 valence electrons. The lowest BCUT2D eigenvalue weighted by Gasteiger charge is -2.12. The molecule has 0 aliphatic carbocycles. The summed E-state index contributed by atoms with van der Waals surface area (Å²) in [6.45, 7) is 0. The Hall–Kier alpha value is -3.89. The van der Waals surface area contributed by atoms with Crippen molar-refractivity contribution in [2.45, 2.75) is 18.6 Å². The zero-order chi connectivity index (χ0) is 24.8.